The minimum absolute atomic E-state index is 0.0520. The van der Waals surface area contributed by atoms with E-state index >= 15 is 0 Å². The third-order valence-corrected chi connectivity index (χ3v) is 4.96. The van der Waals surface area contributed by atoms with Gasteiger partial charge in [0, 0.05) is 31.6 Å². The van der Waals surface area contributed by atoms with Crippen LogP contribution in [0.3, 0.4) is 0 Å². The quantitative estimate of drug-likeness (QED) is 0.665. The fraction of sp³-hybridized carbons (Fsp3) is 0.333. The molecule has 1 aliphatic heterocycles. The molecule has 1 saturated heterocycles. The van der Waals surface area contributed by atoms with Crippen molar-refractivity contribution in [3.05, 3.63) is 74.8 Å². The first-order valence-electron chi connectivity index (χ1n) is 7.98. The molecule has 0 spiro atoms. The Morgan fingerprint density at radius 1 is 1.21 bits per heavy atom. The van der Waals surface area contributed by atoms with Crippen LogP contribution in [0.15, 0.2) is 48.5 Å². The lowest BCUT2D eigenvalue weighted by atomic mass is 9.89. The molecule has 2 aromatic carbocycles. The Kier molecular flexibility index (Phi) is 5.14. The third kappa shape index (κ3) is 3.59. The van der Waals surface area contributed by atoms with Crippen LogP contribution in [-0.2, 0) is 6.54 Å². The summed E-state index contributed by atoms with van der Waals surface area (Å²) in [4.78, 5) is 12.7. The number of nitrogens with zero attached hydrogens (tertiary/aromatic N) is 2. The normalized spacial score (nSPS) is 21.1. The lowest BCUT2D eigenvalue weighted by molar-refractivity contribution is -0.384. The van der Waals surface area contributed by atoms with Crippen molar-refractivity contribution in [1.82, 2.24) is 4.90 Å². The van der Waals surface area contributed by atoms with Crippen LogP contribution in [-0.4, -0.2) is 29.5 Å². The SMILES string of the molecule is NC[C@@H]1CN(Cc2ccc([N+](=O)[O-])c(Cl)c2)C[C@H]1c1ccccc1. The molecule has 24 heavy (non-hydrogen) atoms. The van der Waals surface area contributed by atoms with Gasteiger partial charge < -0.3 is 5.73 Å². The van der Waals surface area contributed by atoms with Crippen LogP contribution < -0.4 is 5.73 Å². The first kappa shape index (κ1) is 16.9. The molecule has 2 aromatic rings. The molecular weight excluding hydrogens is 326 g/mol. The first-order chi connectivity index (χ1) is 11.6. The largest absolute Gasteiger partial charge is 0.330 e. The molecule has 0 bridgehead atoms. The lowest BCUT2D eigenvalue weighted by Crippen LogP contribution is -2.23. The van der Waals surface area contributed by atoms with E-state index in [4.69, 9.17) is 17.3 Å². The van der Waals surface area contributed by atoms with Crippen molar-refractivity contribution in [2.24, 2.45) is 11.7 Å². The fourth-order valence-electron chi connectivity index (χ4n) is 3.46. The number of likely N-dealkylation sites (tertiary alicyclic amines) is 1. The summed E-state index contributed by atoms with van der Waals surface area (Å²) in [6.07, 6.45) is 0. The van der Waals surface area contributed by atoms with E-state index in [0.29, 0.717) is 18.4 Å². The molecule has 3 rings (SSSR count). The molecule has 0 saturated carbocycles. The minimum Gasteiger partial charge on any atom is -0.330 e. The second kappa shape index (κ2) is 7.30. The number of hydrogen-bond acceptors (Lipinski definition) is 4. The third-order valence-electron chi connectivity index (χ3n) is 4.66. The first-order valence-corrected chi connectivity index (χ1v) is 8.36. The highest BCUT2D eigenvalue weighted by Gasteiger charge is 2.32. The van der Waals surface area contributed by atoms with Crippen molar-refractivity contribution in [3.63, 3.8) is 0 Å². The van der Waals surface area contributed by atoms with E-state index in [-0.39, 0.29) is 10.7 Å². The van der Waals surface area contributed by atoms with E-state index in [9.17, 15) is 10.1 Å². The highest BCUT2D eigenvalue weighted by molar-refractivity contribution is 6.32. The van der Waals surface area contributed by atoms with Gasteiger partial charge in [0.2, 0.25) is 0 Å². The van der Waals surface area contributed by atoms with Crippen molar-refractivity contribution in [2.75, 3.05) is 19.6 Å². The average Bonchev–Trinajstić information content (AvgIpc) is 2.98. The highest BCUT2D eigenvalue weighted by atomic mass is 35.5. The molecule has 0 unspecified atom stereocenters. The Labute approximate surface area is 146 Å². The van der Waals surface area contributed by atoms with Gasteiger partial charge >= 0.3 is 0 Å². The van der Waals surface area contributed by atoms with Crippen molar-refractivity contribution >= 4 is 17.3 Å². The van der Waals surface area contributed by atoms with Gasteiger partial charge in [0.1, 0.15) is 5.02 Å². The summed E-state index contributed by atoms with van der Waals surface area (Å²) in [6.45, 7) is 3.22. The average molecular weight is 346 g/mol. The number of rotatable bonds is 5. The summed E-state index contributed by atoms with van der Waals surface area (Å²) < 4.78 is 0. The van der Waals surface area contributed by atoms with Gasteiger partial charge in [-0.25, -0.2) is 0 Å². The van der Waals surface area contributed by atoms with E-state index in [1.807, 2.05) is 6.07 Å². The predicted octanol–water partition coefficient (Wildman–Crippen LogP) is 3.42. The van der Waals surface area contributed by atoms with Crippen LogP contribution in [0.4, 0.5) is 5.69 Å². The van der Waals surface area contributed by atoms with E-state index < -0.39 is 4.92 Å². The van der Waals surface area contributed by atoms with Gasteiger partial charge in [0.05, 0.1) is 4.92 Å². The Balaban J connectivity index is 1.73. The van der Waals surface area contributed by atoms with E-state index in [0.717, 1.165) is 25.2 Å². The molecule has 5 nitrogen and oxygen atoms in total. The number of halogens is 1. The summed E-state index contributed by atoms with van der Waals surface area (Å²) >= 11 is 6.01. The maximum absolute atomic E-state index is 10.9. The van der Waals surface area contributed by atoms with Crippen molar-refractivity contribution in [2.45, 2.75) is 12.5 Å². The zero-order valence-electron chi connectivity index (χ0n) is 13.3. The van der Waals surface area contributed by atoms with Crippen LogP contribution in [0.5, 0.6) is 0 Å². The summed E-state index contributed by atoms with van der Waals surface area (Å²) in [5.74, 6) is 0.839. The zero-order valence-corrected chi connectivity index (χ0v) is 14.0. The number of nitro benzene ring substituents is 1. The van der Waals surface area contributed by atoms with Crippen molar-refractivity contribution in [1.29, 1.82) is 0 Å². The standard InChI is InChI=1S/C18H20ClN3O2/c19-17-8-13(6-7-18(17)22(23)24)10-21-11-15(9-20)16(12-21)14-4-2-1-3-5-14/h1-8,15-16H,9-12,20H2/t15-,16+/m1/s1. The van der Waals surface area contributed by atoms with Crippen LogP contribution in [0.1, 0.15) is 17.0 Å². The predicted molar refractivity (Wildman–Crippen MR) is 95.1 cm³/mol. The highest BCUT2D eigenvalue weighted by Crippen LogP contribution is 2.33. The van der Waals surface area contributed by atoms with Gasteiger partial charge in [-0.1, -0.05) is 48.0 Å². The molecule has 6 heteroatoms. The minimum atomic E-state index is -0.460. The second-order valence-corrected chi connectivity index (χ2v) is 6.66. The van der Waals surface area contributed by atoms with Gasteiger partial charge in [0.25, 0.3) is 5.69 Å². The summed E-state index contributed by atoms with van der Waals surface area (Å²) in [7, 11) is 0. The Hall–Kier alpha value is -1.95. The zero-order chi connectivity index (χ0) is 17.1. The molecule has 2 atom stereocenters. The fourth-order valence-corrected chi connectivity index (χ4v) is 3.73. The Morgan fingerprint density at radius 2 is 1.96 bits per heavy atom. The van der Waals surface area contributed by atoms with Crippen LogP contribution in [0, 0.1) is 16.0 Å². The number of benzene rings is 2. The van der Waals surface area contributed by atoms with Crippen LogP contribution >= 0.6 is 11.6 Å². The number of nitrogens with two attached hydrogens (primary N) is 1. The maximum Gasteiger partial charge on any atom is 0.287 e. The molecule has 1 aliphatic rings. The van der Waals surface area contributed by atoms with Gasteiger partial charge in [-0.3, -0.25) is 15.0 Å². The molecule has 0 aromatic heterocycles. The van der Waals surface area contributed by atoms with E-state index in [1.54, 1.807) is 12.1 Å². The molecular formula is C18H20ClN3O2. The maximum atomic E-state index is 10.9. The molecule has 2 N–H and O–H groups in total. The number of nitro groups is 1. The van der Waals surface area contributed by atoms with Crippen LogP contribution in [0.2, 0.25) is 5.02 Å². The second-order valence-electron chi connectivity index (χ2n) is 6.25. The van der Waals surface area contributed by atoms with Gasteiger partial charge in [-0.15, -0.1) is 0 Å². The molecule has 126 valence electrons. The van der Waals surface area contributed by atoms with Crippen LogP contribution in [0.25, 0.3) is 0 Å². The molecule has 0 amide bonds. The van der Waals surface area contributed by atoms with E-state index in [1.165, 1.54) is 11.6 Å². The van der Waals surface area contributed by atoms with E-state index in [2.05, 4.69) is 29.2 Å². The van der Waals surface area contributed by atoms with Gasteiger partial charge in [-0.2, -0.15) is 0 Å². The van der Waals surface area contributed by atoms with Gasteiger partial charge in [-0.05, 0) is 29.7 Å². The summed E-state index contributed by atoms with van der Waals surface area (Å²) in [5.41, 5.74) is 8.22. The molecule has 0 aliphatic carbocycles. The molecule has 0 radical (unpaired) electrons. The van der Waals surface area contributed by atoms with Crippen molar-refractivity contribution < 1.29 is 4.92 Å². The molecule has 1 heterocycles. The molecule has 1 fully saturated rings. The smallest absolute Gasteiger partial charge is 0.287 e. The number of hydrogen-bond donors (Lipinski definition) is 1. The summed E-state index contributed by atoms with van der Waals surface area (Å²) in [5, 5.41) is 11.0. The van der Waals surface area contributed by atoms with Crippen molar-refractivity contribution in [3.8, 4) is 0 Å². The Bertz CT molecular complexity index is 723. The topological polar surface area (TPSA) is 72.4 Å². The summed E-state index contributed by atoms with van der Waals surface area (Å²) in [6, 6.07) is 15.4. The Morgan fingerprint density at radius 3 is 2.58 bits per heavy atom. The van der Waals surface area contributed by atoms with Gasteiger partial charge in [0.15, 0.2) is 0 Å². The lowest BCUT2D eigenvalue weighted by Gasteiger charge is -2.17. The monoisotopic (exact) mass is 345 g/mol.